The van der Waals surface area contributed by atoms with Gasteiger partial charge in [0.2, 0.25) is 0 Å². The Morgan fingerprint density at radius 1 is 0.615 bits per heavy atom. The van der Waals surface area contributed by atoms with Crippen LogP contribution in [0.5, 0.6) is 0 Å². The van der Waals surface area contributed by atoms with Gasteiger partial charge in [0.1, 0.15) is 0 Å². The summed E-state index contributed by atoms with van der Waals surface area (Å²) in [6, 6.07) is 29.7. The van der Waals surface area contributed by atoms with Gasteiger partial charge in [0.05, 0.1) is 34.9 Å². The van der Waals surface area contributed by atoms with E-state index in [1.54, 1.807) is 18.3 Å². The molecule has 3 aromatic carbocycles. The molecule has 0 saturated heterocycles. The maximum atomic E-state index is 8.98. The zero-order chi connectivity index (χ0) is 17.8. The molecule has 4 rings (SSSR count). The van der Waals surface area contributed by atoms with Crippen LogP contribution in [-0.2, 0) is 0 Å². The van der Waals surface area contributed by atoms with E-state index in [1.165, 1.54) is 0 Å². The van der Waals surface area contributed by atoms with Gasteiger partial charge in [-0.2, -0.15) is 5.26 Å². The third-order valence-electron chi connectivity index (χ3n) is 4.18. The average molecular weight is 333 g/mol. The highest BCUT2D eigenvalue weighted by atomic mass is 14.8. The second kappa shape index (κ2) is 7.00. The van der Waals surface area contributed by atoms with E-state index in [0.29, 0.717) is 5.56 Å². The number of rotatable bonds is 3. The fourth-order valence-electron chi connectivity index (χ4n) is 2.85. The number of aromatic nitrogens is 2. The Bertz CT molecular complexity index is 1060. The van der Waals surface area contributed by atoms with E-state index in [1.807, 2.05) is 72.8 Å². The van der Waals surface area contributed by atoms with Crippen LogP contribution < -0.4 is 0 Å². The van der Waals surface area contributed by atoms with Crippen molar-refractivity contribution in [3.63, 3.8) is 0 Å². The molecular formula is C23H15N3. The topological polar surface area (TPSA) is 49.6 Å². The highest BCUT2D eigenvalue weighted by Crippen LogP contribution is 2.30. The van der Waals surface area contributed by atoms with Crippen LogP contribution in [-0.4, -0.2) is 9.97 Å². The summed E-state index contributed by atoms with van der Waals surface area (Å²) in [6.45, 7) is 0. The van der Waals surface area contributed by atoms with Crippen molar-refractivity contribution in [1.82, 2.24) is 9.97 Å². The largest absolute Gasteiger partial charge is 0.252 e. The zero-order valence-electron chi connectivity index (χ0n) is 14.0. The van der Waals surface area contributed by atoms with Gasteiger partial charge in [-0.25, -0.2) is 4.98 Å². The predicted molar refractivity (Wildman–Crippen MR) is 103 cm³/mol. The summed E-state index contributed by atoms with van der Waals surface area (Å²) in [7, 11) is 0. The van der Waals surface area contributed by atoms with Crippen LogP contribution >= 0.6 is 0 Å². The van der Waals surface area contributed by atoms with Gasteiger partial charge in [0.25, 0.3) is 0 Å². The van der Waals surface area contributed by atoms with Crippen LogP contribution in [0.1, 0.15) is 5.56 Å². The molecule has 0 aliphatic heterocycles. The second-order valence-electron chi connectivity index (χ2n) is 5.87. The van der Waals surface area contributed by atoms with Gasteiger partial charge in [-0.05, 0) is 12.1 Å². The fourth-order valence-corrected chi connectivity index (χ4v) is 2.85. The van der Waals surface area contributed by atoms with Gasteiger partial charge in [-0.15, -0.1) is 0 Å². The minimum absolute atomic E-state index is 0.630. The Morgan fingerprint density at radius 3 is 1.77 bits per heavy atom. The molecular weight excluding hydrogens is 318 g/mol. The monoisotopic (exact) mass is 333 g/mol. The Labute approximate surface area is 152 Å². The molecule has 0 saturated carbocycles. The third kappa shape index (κ3) is 3.09. The maximum Gasteiger partial charge on any atom is 0.0991 e. The van der Waals surface area contributed by atoms with Crippen molar-refractivity contribution in [2.24, 2.45) is 0 Å². The van der Waals surface area contributed by atoms with E-state index in [4.69, 9.17) is 15.2 Å². The maximum absolute atomic E-state index is 8.98. The Balaban J connectivity index is 1.88. The quantitative estimate of drug-likeness (QED) is 0.508. The molecule has 0 spiro atoms. The van der Waals surface area contributed by atoms with Crippen molar-refractivity contribution in [3.8, 4) is 39.8 Å². The zero-order valence-corrected chi connectivity index (χ0v) is 14.0. The lowest BCUT2D eigenvalue weighted by Gasteiger charge is -2.11. The second-order valence-corrected chi connectivity index (χ2v) is 5.87. The highest BCUT2D eigenvalue weighted by Gasteiger charge is 2.12. The average Bonchev–Trinajstić information content (AvgIpc) is 2.75. The van der Waals surface area contributed by atoms with Gasteiger partial charge in [-0.1, -0.05) is 72.8 Å². The van der Waals surface area contributed by atoms with Crippen molar-refractivity contribution >= 4 is 0 Å². The van der Waals surface area contributed by atoms with Crippen LogP contribution in [0.4, 0.5) is 0 Å². The fraction of sp³-hybridized carbons (Fsp3) is 0. The van der Waals surface area contributed by atoms with Crippen LogP contribution in [0, 0.1) is 11.3 Å². The summed E-state index contributed by atoms with van der Waals surface area (Å²) >= 11 is 0. The first kappa shape index (κ1) is 15.7. The molecule has 0 amide bonds. The molecule has 26 heavy (non-hydrogen) atoms. The van der Waals surface area contributed by atoms with Gasteiger partial charge < -0.3 is 0 Å². The van der Waals surface area contributed by atoms with Crippen LogP contribution in [0.25, 0.3) is 33.8 Å². The van der Waals surface area contributed by atoms with Crippen molar-refractivity contribution < 1.29 is 0 Å². The molecule has 1 heterocycles. The van der Waals surface area contributed by atoms with Crippen LogP contribution in [0.3, 0.4) is 0 Å². The van der Waals surface area contributed by atoms with Crippen molar-refractivity contribution in [2.45, 2.75) is 0 Å². The van der Waals surface area contributed by atoms with Crippen LogP contribution in [0.15, 0.2) is 91.1 Å². The standard InChI is InChI=1S/C23H15N3/c24-15-17-11-13-18(14-12-17)21-16-25-22(19-7-3-1-4-8-19)23(26-21)20-9-5-2-6-10-20/h1-14,16H. The Kier molecular flexibility index (Phi) is 4.24. The lowest BCUT2D eigenvalue weighted by molar-refractivity contribution is 1.21. The van der Waals surface area contributed by atoms with E-state index < -0.39 is 0 Å². The van der Waals surface area contributed by atoms with Gasteiger partial charge >= 0.3 is 0 Å². The molecule has 0 N–H and O–H groups in total. The highest BCUT2D eigenvalue weighted by molar-refractivity contribution is 5.79. The molecule has 1 aromatic heterocycles. The normalized spacial score (nSPS) is 10.3. The molecule has 0 aliphatic rings. The molecule has 0 radical (unpaired) electrons. The van der Waals surface area contributed by atoms with Crippen LogP contribution in [0.2, 0.25) is 0 Å². The Hall–Kier alpha value is -3.77. The first-order chi connectivity index (χ1) is 12.8. The van der Waals surface area contributed by atoms with E-state index >= 15 is 0 Å². The molecule has 4 aromatic rings. The van der Waals surface area contributed by atoms with Crippen molar-refractivity contribution in [3.05, 3.63) is 96.7 Å². The minimum Gasteiger partial charge on any atom is -0.252 e. The SMILES string of the molecule is N#Cc1ccc(-c2cnc(-c3ccccc3)c(-c3ccccc3)n2)cc1. The molecule has 0 bridgehead atoms. The third-order valence-corrected chi connectivity index (χ3v) is 4.18. The lowest BCUT2D eigenvalue weighted by Crippen LogP contribution is -1.96. The van der Waals surface area contributed by atoms with E-state index in [-0.39, 0.29) is 0 Å². The molecule has 3 nitrogen and oxygen atoms in total. The summed E-state index contributed by atoms with van der Waals surface area (Å²) in [4.78, 5) is 9.62. The summed E-state index contributed by atoms with van der Waals surface area (Å²) < 4.78 is 0. The summed E-state index contributed by atoms with van der Waals surface area (Å²) in [5, 5.41) is 8.98. The molecule has 0 aliphatic carbocycles. The number of nitrogens with zero attached hydrogens (tertiary/aromatic N) is 3. The summed E-state index contributed by atoms with van der Waals surface area (Å²) in [5.41, 5.74) is 6.11. The van der Waals surface area contributed by atoms with E-state index in [0.717, 1.165) is 33.8 Å². The number of hydrogen-bond acceptors (Lipinski definition) is 3. The van der Waals surface area contributed by atoms with Crippen molar-refractivity contribution in [1.29, 1.82) is 5.26 Å². The first-order valence-corrected chi connectivity index (χ1v) is 8.33. The molecule has 0 fully saturated rings. The van der Waals surface area contributed by atoms with Gasteiger partial charge in [0, 0.05) is 16.7 Å². The predicted octanol–water partition coefficient (Wildman–Crippen LogP) is 5.35. The number of benzene rings is 3. The number of nitriles is 1. The minimum atomic E-state index is 0.630. The molecule has 122 valence electrons. The van der Waals surface area contributed by atoms with E-state index in [2.05, 4.69) is 6.07 Å². The molecule has 0 unspecified atom stereocenters. The first-order valence-electron chi connectivity index (χ1n) is 8.33. The van der Waals surface area contributed by atoms with E-state index in [9.17, 15) is 0 Å². The summed E-state index contributed by atoms with van der Waals surface area (Å²) in [6.07, 6.45) is 1.79. The molecule has 3 heteroatoms. The van der Waals surface area contributed by atoms with Gasteiger partial charge in [0.15, 0.2) is 0 Å². The smallest absolute Gasteiger partial charge is 0.0991 e. The Morgan fingerprint density at radius 2 is 1.19 bits per heavy atom. The summed E-state index contributed by atoms with van der Waals surface area (Å²) in [5.74, 6) is 0. The number of hydrogen-bond donors (Lipinski definition) is 0. The van der Waals surface area contributed by atoms with Crippen molar-refractivity contribution in [2.75, 3.05) is 0 Å². The lowest BCUT2D eigenvalue weighted by atomic mass is 10.0. The molecule has 0 atom stereocenters. The van der Waals surface area contributed by atoms with Gasteiger partial charge in [-0.3, -0.25) is 4.98 Å².